The number of piperidine rings is 1. The highest BCUT2D eigenvalue weighted by atomic mass is 35.5. The minimum atomic E-state index is -0.920. The second kappa shape index (κ2) is 5.26. The molecule has 1 fully saturated rings. The normalized spacial score (nSPS) is 19.5. The second-order valence-electron chi connectivity index (χ2n) is 5.23. The summed E-state index contributed by atoms with van der Waals surface area (Å²) in [7, 11) is 1.70. The summed E-state index contributed by atoms with van der Waals surface area (Å²) >= 11 is 5.90. The van der Waals surface area contributed by atoms with Crippen molar-refractivity contribution in [3.8, 4) is 0 Å². The molecule has 2 aromatic rings. The van der Waals surface area contributed by atoms with E-state index >= 15 is 0 Å². The summed E-state index contributed by atoms with van der Waals surface area (Å²) in [5.74, 6) is -1.19. The van der Waals surface area contributed by atoms with Crippen molar-refractivity contribution in [2.45, 2.75) is 24.8 Å². The number of carbonyl (C=O) groups is 1. The van der Waals surface area contributed by atoms with Crippen LogP contribution in [0.15, 0.2) is 12.1 Å². The maximum absolute atomic E-state index is 14.2. The molecule has 1 aromatic heterocycles. The number of imidazole rings is 1. The first-order valence-electron chi connectivity index (χ1n) is 6.67. The molecular formula is C14H14ClF2N3O. The number of benzene rings is 1. The van der Waals surface area contributed by atoms with Crippen LogP contribution in [0, 0.1) is 11.6 Å². The molecule has 1 amide bonds. The molecule has 0 bridgehead atoms. The quantitative estimate of drug-likeness (QED) is 0.800. The summed E-state index contributed by atoms with van der Waals surface area (Å²) in [4.78, 5) is 17.5. The van der Waals surface area contributed by atoms with Crippen LogP contribution in [0.4, 0.5) is 8.78 Å². The van der Waals surface area contributed by atoms with Crippen molar-refractivity contribution in [3.05, 3.63) is 29.6 Å². The fraction of sp³-hybridized carbons (Fsp3) is 0.429. The largest absolute Gasteiger partial charge is 0.344 e. The summed E-state index contributed by atoms with van der Waals surface area (Å²) in [5.41, 5.74) is 0.502. The number of fused-ring (bicyclic) bond motifs is 1. The van der Waals surface area contributed by atoms with E-state index < -0.39 is 11.6 Å². The van der Waals surface area contributed by atoms with Crippen molar-refractivity contribution >= 4 is 28.5 Å². The van der Waals surface area contributed by atoms with E-state index in [1.54, 1.807) is 16.5 Å². The maximum Gasteiger partial charge on any atom is 0.222 e. The zero-order valence-electron chi connectivity index (χ0n) is 11.4. The number of hydrogen-bond acceptors (Lipinski definition) is 2. The predicted octanol–water partition coefficient (Wildman–Crippen LogP) is 2.85. The van der Waals surface area contributed by atoms with Gasteiger partial charge in [-0.25, -0.2) is 13.8 Å². The van der Waals surface area contributed by atoms with Gasteiger partial charge in [0.1, 0.15) is 11.3 Å². The maximum atomic E-state index is 14.2. The Hall–Kier alpha value is -1.69. The summed E-state index contributed by atoms with van der Waals surface area (Å²) < 4.78 is 29.4. The number of likely N-dealkylation sites (tertiary alicyclic amines) is 1. The van der Waals surface area contributed by atoms with E-state index in [9.17, 15) is 13.6 Å². The summed E-state index contributed by atoms with van der Waals surface area (Å²) in [5, 5.41) is 0. The second-order valence-corrected chi connectivity index (χ2v) is 5.49. The van der Waals surface area contributed by atoms with Crippen LogP contribution in [-0.2, 0) is 10.7 Å². The van der Waals surface area contributed by atoms with Crippen molar-refractivity contribution in [1.82, 2.24) is 14.5 Å². The molecule has 112 valence electrons. The van der Waals surface area contributed by atoms with E-state index in [1.807, 2.05) is 0 Å². The van der Waals surface area contributed by atoms with Crippen molar-refractivity contribution in [2.75, 3.05) is 13.6 Å². The number of hydrogen-bond donors (Lipinski definition) is 0. The van der Waals surface area contributed by atoms with E-state index in [-0.39, 0.29) is 23.3 Å². The van der Waals surface area contributed by atoms with Gasteiger partial charge in [0.25, 0.3) is 0 Å². The van der Waals surface area contributed by atoms with Gasteiger partial charge in [0.2, 0.25) is 5.91 Å². The first-order chi connectivity index (χ1) is 10.0. The SMILES string of the molecule is CN1CC(n2c(CCl)nc3ccc(F)c(F)c32)CCC1=O. The zero-order chi connectivity index (χ0) is 15.1. The molecular weight excluding hydrogens is 300 g/mol. The van der Waals surface area contributed by atoms with Crippen LogP contribution >= 0.6 is 11.6 Å². The molecule has 1 atom stereocenters. The van der Waals surface area contributed by atoms with E-state index in [1.165, 1.54) is 6.07 Å². The van der Waals surface area contributed by atoms with Crippen LogP contribution in [0.3, 0.4) is 0 Å². The van der Waals surface area contributed by atoms with E-state index in [2.05, 4.69) is 4.98 Å². The molecule has 1 aliphatic rings. The van der Waals surface area contributed by atoms with Gasteiger partial charge in [0.05, 0.1) is 17.4 Å². The van der Waals surface area contributed by atoms with E-state index in [0.29, 0.717) is 30.7 Å². The molecule has 1 saturated heterocycles. The molecule has 1 aromatic carbocycles. The molecule has 1 aliphatic heterocycles. The first kappa shape index (κ1) is 14.3. The average molecular weight is 314 g/mol. The summed E-state index contributed by atoms with van der Waals surface area (Å²) in [6, 6.07) is 2.35. The number of nitrogens with zero attached hydrogens (tertiary/aromatic N) is 3. The van der Waals surface area contributed by atoms with Crippen molar-refractivity contribution in [2.24, 2.45) is 0 Å². The first-order valence-corrected chi connectivity index (χ1v) is 7.21. The Morgan fingerprint density at radius 1 is 1.43 bits per heavy atom. The van der Waals surface area contributed by atoms with Gasteiger partial charge in [-0.2, -0.15) is 0 Å². The molecule has 1 unspecified atom stereocenters. The van der Waals surface area contributed by atoms with Crippen LogP contribution in [0.5, 0.6) is 0 Å². The molecule has 0 aliphatic carbocycles. The van der Waals surface area contributed by atoms with Crippen LogP contribution in [-0.4, -0.2) is 34.0 Å². The van der Waals surface area contributed by atoms with Gasteiger partial charge in [-0.05, 0) is 18.6 Å². The van der Waals surface area contributed by atoms with Gasteiger partial charge >= 0.3 is 0 Å². The number of alkyl halides is 1. The lowest BCUT2D eigenvalue weighted by Gasteiger charge is -2.31. The predicted molar refractivity (Wildman–Crippen MR) is 75.1 cm³/mol. The van der Waals surface area contributed by atoms with Crippen molar-refractivity contribution in [3.63, 3.8) is 0 Å². The third kappa shape index (κ3) is 2.27. The third-order valence-electron chi connectivity index (χ3n) is 3.90. The highest BCUT2D eigenvalue weighted by Gasteiger charge is 2.28. The molecule has 21 heavy (non-hydrogen) atoms. The summed E-state index contributed by atoms with van der Waals surface area (Å²) in [6.45, 7) is 0.435. The number of amides is 1. The van der Waals surface area contributed by atoms with Gasteiger partial charge in [-0.1, -0.05) is 0 Å². The number of carbonyl (C=O) groups excluding carboxylic acids is 1. The van der Waals surface area contributed by atoms with Crippen LogP contribution in [0.1, 0.15) is 24.7 Å². The van der Waals surface area contributed by atoms with E-state index in [4.69, 9.17) is 11.6 Å². The Balaban J connectivity index is 2.16. The Morgan fingerprint density at radius 3 is 2.86 bits per heavy atom. The Kier molecular flexibility index (Phi) is 3.57. The average Bonchev–Trinajstić information content (AvgIpc) is 2.85. The lowest BCUT2D eigenvalue weighted by Crippen LogP contribution is -2.38. The molecule has 0 radical (unpaired) electrons. The highest BCUT2D eigenvalue weighted by Crippen LogP contribution is 2.30. The topological polar surface area (TPSA) is 38.1 Å². The van der Waals surface area contributed by atoms with Gasteiger partial charge in [-0.3, -0.25) is 4.79 Å². The standard InChI is InChI=1S/C14H14ClF2N3O/c1-19-7-8(2-5-12(19)21)20-11(6-15)18-10-4-3-9(16)13(17)14(10)20/h3-4,8H,2,5-7H2,1H3. The zero-order valence-corrected chi connectivity index (χ0v) is 12.2. The molecule has 0 saturated carbocycles. The highest BCUT2D eigenvalue weighted by molar-refractivity contribution is 6.16. The van der Waals surface area contributed by atoms with Gasteiger partial charge < -0.3 is 9.47 Å². The van der Waals surface area contributed by atoms with Crippen LogP contribution in [0.2, 0.25) is 0 Å². The fourth-order valence-corrected chi connectivity index (χ4v) is 3.05. The number of likely N-dealkylation sites (N-methyl/N-ethyl adjacent to an activating group) is 1. The Morgan fingerprint density at radius 2 is 2.19 bits per heavy atom. The minimum absolute atomic E-state index is 0.0507. The monoisotopic (exact) mass is 313 g/mol. The number of halogens is 3. The molecule has 7 heteroatoms. The number of aromatic nitrogens is 2. The molecule has 0 spiro atoms. The lowest BCUT2D eigenvalue weighted by atomic mass is 10.0. The van der Waals surface area contributed by atoms with Gasteiger partial charge in [0.15, 0.2) is 11.6 Å². The summed E-state index contributed by atoms with van der Waals surface area (Å²) in [6.07, 6.45) is 0.938. The van der Waals surface area contributed by atoms with Crippen molar-refractivity contribution < 1.29 is 13.6 Å². The molecule has 2 heterocycles. The number of rotatable bonds is 2. The van der Waals surface area contributed by atoms with Crippen LogP contribution < -0.4 is 0 Å². The Labute approximate surface area is 125 Å². The fourth-order valence-electron chi connectivity index (χ4n) is 2.86. The Bertz CT molecular complexity index is 716. The third-order valence-corrected chi connectivity index (χ3v) is 4.14. The lowest BCUT2D eigenvalue weighted by molar-refractivity contribution is -0.132. The van der Waals surface area contributed by atoms with Crippen molar-refractivity contribution in [1.29, 1.82) is 0 Å². The molecule has 0 N–H and O–H groups in total. The van der Waals surface area contributed by atoms with Gasteiger partial charge in [-0.15, -0.1) is 11.6 Å². The molecule has 3 rings (SSSR count). The van der Waals surface area contributed by atoms with E-state index in [0.717, 1.165) is 6.07 Å². The smallest absolute Gasteiger partial charge is 0.222 e. The molecule has 4 nitrogen and oxygen atoms in total. The van der Waals surface area contributed by atoms with Crippen LogP contribution in [0.25, 0.3) is 11.0 Å². The minimum Gasteiger partial charge on any atom is -0.344 e. The van der Waals surface area contributed by atoms with Gasteiger partial charge in [0, 0.05) is 20.0 Å².